The number of hydrogen-bond acceptors (Lipinski definition) is 5. The Morgan fingerprint density at radius 1 is 1.20 bits per heavy atom. The molecule has 0 bridgehead atoms. The van der Waals surface area contributed by atoms with E-state index in [-0.39, 0.29) is 18.2 Å². The normalized spacial score (nSPS) is 10.4. The Morgan fingerprint density at radius 3 is 2.68 bits per heavy atom. The third-order valence-electron chi connectivity index (χ3n) is 3.13. The first-order valence-corrected chi connectivity index (χ1v) is 7.71. The van der Waals surface area contributed by atoms with Gasteiger partial charge in [-0.3, -0.25) is 9.59 Å². The molecule has 2 aromatic carbocycles. The second kappa shape index (κ2) is 9.07. The molecule has 0 aliphatic heterocycles. The van der Waals surface area contributed by atoms with Crippen molar-refractivity contribution in [1.82, 2.24) is 10.7 Å². The van der Waals surface area contributed by atoms with E-state index in [9.17, 15) is 14.7 Å². The van der Waals surface area contributed by atoms with Gasteiger partial charge >= 0.3 is 0 Å². The second-order valence-electron chi connectivity index (χ2n) is 5.00. The van der Waals surface area contributed by atoms with E-state index in [1.807, 2.05) is 6.92 Å². The average molecular weight is 341 g/mol. The topological polar surface area (TPSA) is 100 Å². The van der Waals surface area contributed by atoms with Crippen LogP contribution in [0.1, 0.15) is 22.8 Å². The Kier molecular flexibility index (Phi) is 6.53. The Labute approximate surface area is 145 Å². The summed E-state index contributed by atoms with van der Waals surface area (Å²) in [6.45, 7) is 2.04. The summed E-state index contributed by atoms with van der Waals surface area (Å²) in [6.07, 6.45) is 1.42. The molecule has 130 valence electrons. The number of hydrazone groups is 1. The molecule has 0 heterocycles. The van der Waals surface area contributed by atoms with E-state index in [1.54, 1.807) is 42.5 Å². The molecular formula is C18H19N3O4. The van der Waals surface area contributed by atoms with Gasteiger partial charge in [-0.25, -0.2) is 5.43 Å². The van der Waals surface area contributed by atoms with Crippen LogP contribution in [0, 0.1) is 0 Å². The van der Waals surface area contributed by atoms with E-state index in [0.717, 1.165) is 0 Å². The molecule has 0 aromatic heterocycles. The van der Waals surface area contributed by atoms with Gasteiger partial charge in [-0.2, -0.15) is 5.10 Å². The van der Waals surface area contributed by atoms with Gasteiger partial charge in [0.05, 0.1) is 19.4 Å². The van der Waals surface area contributed by atoms with Crippen molar-refractivity contribution < 1.29 is 19.4 Å². The number of rotatable bonds is 7. The van der Waals surface area contributed by atoms with Gasteiger partial charge in [0, 0.05) is 5.56 Å². The zero-order valence-corrected chi connectivity index (χ0v) is 13.7. The third kappa shape index (κ3) is 5.65. The van der Waals surface area contributed by atoms with Crippen molar-refractivity contribution in [2.24, 2.45) is 5.10 Å². The van der Waals surface area contributed by atoms with Gasteiger partial charge in [-0.15, -0.1) is 0 Å². The van der Waals surface area contributed by atoms with E-state index in [0.29, 0.717) is 23.5 Å². The molecule has 0 unspecified atom stereocenters. The molecule has 3 N–H and O–H groups in total. The molecule has 0 radical (unpaired) electrons. The maximum Gasteiger partial charge on any atom is 0.259 e. The van der Waals surface area contributed by atoms with Gasteiger partial charge in [0.1, 0.15) is 0 Å². The van der Waals surface area contributed by atoms with Crippen LogP contribution in [0.25, 0.3) is 0 Å². The number of phenolic OH excluding ortho intramolecular Hbond substituents is 1. The van der Waals surface area contributed by atoms with Crippen LogP contribution in [0.5, 0.6) is 11.5 Å². The van der Waals surface area contributed by atoms with Crippen LogP contribution in [0.3, 0.4) is 0 Å². The summed E-state index contributed by atoms with van der Waals surface area (Å²) in [4.78, 5) is 23.5. The van der Waals surface area contributed by atoms with Crippen molar-refractivity contribution in [3.8, 4) is 11.5 Å². The van der Waals surface area contributed by atoms with Crippen LogP contribution in [-0.4, -0.2) is 36.3 Å². The maximum atomic E-state index is 11.8. The van der Waals surface area contributed by atoms with Gasteiger partial charge in [0.25, 0.3) is 11.8 Å². The number of ether oxygens (including phenoxy) is 1. The summed E-state index contributed by atoms with van der Waals surface area (Å²) < 4.78 is 5.27. The summed E-state index contributed by atoms with van der Waals surface area (Å²) in [6, 6.07) is 13.3. The predicted molar refractivity (Wildman–Crippen MR) is 93.8 cm³/mol. The largest absolute Gasteiger partial charge is 0.504 e. The van der Waals surface area contributed by atoms with E-state index in [1.165, 1.54) is 12.3 Å². The zero-order valence-electron chi connectivity index (χ0n) is 13.7. The smallest absolute Gasteiger partial charge is 0.259 e. The summed E-state index contributed by atoms with van der Waals surface area (Å²) in [5, 5.41) is 15.9. The average Bonchev–Trinajstić information content (AvgIpc) is 2.63. The highest BCUT2D eigenvalue weighted by Crippen LogP contribution is 2.26. The van der Waals surface area contributed by atoms with Crippen molar-refractivity contribution in [3.05, 3.63) is 59.7 Å². The maximum absolute atomic E-state index is 11.8. The number of carbonyl (C=O) groups excluding carboxylic acids is 2. The number of hydrogen-bond donors (Lipinski definition) is 3. The molecule has 0 fully saturated rings. The lowest BCUT2D eigenvalue weighted by molar-refractivity contribution is -0.120. The fraction of sp³-hybridized carbons (Fsp3) is 0.167. The van der Waals surface area contributed by atoms with Crippen molar-refractivity contribution in [2.75, 3.05) is 13.2 Å². The molecule has 2 amide bonds. The highest BCUT2D eigenvalue weighted by molar-refractivity contribution is 5.96. The van der Waals surface area contributed by atoms with Gasteiger partial charge in [-0.05, 0) is 42.8 Å². The molecule has 0 aliphatic rings. The Hall–Kier alpha value is -3.35. The summed E-state index contributed by atoms with van der Waals surface area (Å²) >= 11 is 0. The van der Waals surface area contributed by atoms with Crippen LogP contribution >= 0.6 is 0 Å². The van der Waals surface area contributed by atoms with Gasteiger partial charge < -0.3 is 15.2 Å². The van der Waals surface area contributed by atoms with Crippen molar-refractivity contribution in [3.63, 3.8) is 0 Å². The zero-order chi connectivity index (χ0) is 18.1. The van der Waals surface area contributed by atoms with Crippen molar-refractivity contribution >= 4 is 18.0 Å². The molecule has 2 aromatic rings. The standard InChI is InChI=1S/C18H19N3O4/c1-2-25-16-10-13(8-9-15(16)22)11-20-21-17(23)12-19-18(24)14-6-4-3-5-7-14/h3-11,22H,2,12H2,1H3,(H,19,24)(H,21,23). The van der Waals surface area contributed by atoms with E-state index in [2.05, 4.69) is 15.8 Å². The lowest BCUT2D eigenvalue weighted by atomic mass is 10.2. The molecule has 0 saturated carbocycles. The van der Waals surface area contributed by atoms with Gasteiger partial charge in [0.2, 0.25) is 0 Å². The quantitative estimate of drug-likeness (QED) is 0.527. The molecule has 2 rings (SSSR count). The SMILES string of the molecule is CCOc1cc(C=NNC(=O)CNC(=O)c2ccccc2)ccc1O. The minimum atomic E-state index is -0.454. The minimum absolute atomic E-state index is 0.0339. The summed E-state index contributed by atoms with van der Waals surface area (Å²) in [7, 11) is 0. The Balaban J connectivity index is 1.82. The predicted octanol–water partition coefficient (Wildman–Crippen LogP) is 1.67. The van der Waals surface area contributed by atoms with E-state index in [4.69, 9.17) is 4.74 Å². The number of phenols is 1. The number of carbonyl (C=O) groups is 2. The monoisotopic (exact) mass is 341 g/mol. The number of nitrogens with zero attached hydrogens (tertiary/aromatic N) is 1. The molecule has 7 heteroatoms. The number of amides is 2. The molecule has 0 saturated heterocycles. The summed E-state index contributed by atoms with van der Waals surface area (Å²) in [5.41, 5.74) is 3.44. The Morgan fingerprint density at radius 2 is 1.96 bits per heavy atom. The van der Waals surface area contributed by atoms with Crippen LogP contribution in [0.2, 0.25) is 0 Å². The van der Waals surface area contributed by atoms with E-state index >= 15 is 0 Å². The Bertz CT molecular complexity index is 760. The molecule has 0 atom stereocenters. The first-order valence-electron chi connectivity index (χ1n) is 7.71. The molecule has 25 heavy (non-hydrogen) atoms. The van der Waals surface area contributed by atoms with Gasteiger partial charge in [0.15, 0.2) is 11.5 Å². The molecule has 7 nitrogen and oxygen atoms in total. The number of aromatic hydroxyl groups is 1. The first kappa shape index (κ1) is 18.0. The lowest BCUT2D eigenvalue weighted by Crippen LogP contribution is -2.34. The number of benzene rings is 2. The fourth-order valence-electron chi connectivity index (χ4n) is 1.95. The second-order valence-corrected chi connectivity index (χ2v) is 5.00. The number of nitrogens with one attached hydrogen (secondary N) is 2. The van der Waals surface area contributed by atoms with Crippen molar-refractivity contribution in [1.29, 1.82) is 0 Å². The van der Waals surface area contributed by atoms with E-state index < -0.39 is 5.91 Å². The molecule has 0 spiro atoms. The third-order valence-corrected chi connectivity index (χ3v) is 3.13. The van der Waals surface area contributed by atoms with Crippen LogP contribution in [0.4, 0.5) is 0 Å². The van der Waals surface area contributed by atoms with Crippen molar-refractivity contribution in [2.45, 2.75) is 6.92 Å². The van der Waals surface area contributed by atoms with Gasteiger partial charge in [-0.1, -0.05) is 18.2 Å². The highest BCUT2D eigenvalue weighted by Gasteiger charge is 2.06. The van der Waals surface area contributed by atoms with Crippen LogP contribution in [0.15, 0.2) is 53.6 Å². The highest BCUT2D eigenvalue weighted by atomic mass is 16.5. The minimum Gasteiger partial charge on any atom is -0.504 e. The first-order chi connectivity index (χ1) is 12.1. The molecule has 0 aliphatic carbocycles. The molecular weight excluding hydrogens is 322 g/mol. The summed E-state index contributed by atoms with van der Waals surface area (Å²) in [5.74, 6) is -0.413. The van der Waals surface area contributed by atoms with Crippen LogP contribution in [-0.2, 0) is 4.79 Å². The lowest BCUT2D eigenvalue weighted by Gasteiger charge is -2.06. The fourth-order valence-corrected chi connectivity index (χ4v) is 1.95. The van der Waals surface area contributed by atoms with Crippen LogP contribution < -0.4 is 15.5 Å².